The first-order valence-corrected chi connectivity index (χ1v) is 7.43. The zero-order valence-electron chi connectivity index (χ0n) is 12.6. The number of benzene rings is 2. The Morgan fingerprint density at radius 1 is 1.10 bits per heavy atom. The summed E-state index contributed by atoms with van der Waals surface area (Å²) in [6, 6.07) is 15.0. The molecule has 112 valence electrons. The standard InChI is InChI=1S/C18H22FNO/c1-3-20-18(12-14-8-10-16(19)11-9-14)15-6-5-7-17(13-15)21-4-2/h5-11,13,18,20H,3-4,12H2,1-2H3. The van der Waals surface area contributed by atoms with Crippen molar-refractivity contribution in [2.24, 2.45) is 0 Å². The maximum atomic E-state index is 13.0. The number of hydrogen-bond acceptors (Lipinski definition) is 2. The zero-order chi connectivity index (χ0) is 15.1. The van der Waals surface area contributed by atoms with Crippen molar-refractivity contribution in [3.05, 3.63) is 65.5 Å². The van der Waals surface area contributed by atoms with Gasteiger partial charge in [0.25, 0.3) is 0 Å². The molecule has 0 aliphatic heterocycles. The second kappa shape index (κ2) is 7.79. The van der Waals surface area contributed by atoms with Crippen molar-refractivity contribution in [1.29, 1.82) is 0 Å². The van der Waals surface area contributed by atoms with E-state index in [9.17, 15) is 4.39 Å². The zero-order valence-corrected chi connectivity index (χ0v) is 12.6. The van der Waals surface area contributed by atoms with Gasteiger partial charge in [0.05, 0.1) is 6.61 Å². The number of hydrogen-bond donors (Lipinski definition) is 1. The van der Waals surface area contributed by atoms with Gasteiger partial charge in [0.2, 0.25) is 0 Å². The third kappa shape index (κ3) is 4.57. The van der Waals surface area contributed by atoms with Crippen molar-refractivity contribution in [1.82, 2.24) is 5.32 Å². The topological polar surface area (TPSA) is 21.3 Å². The summed E-state index contributed by atoms with van der Waals surface area (Å²) < 4.78 is 18.6. The van der Waals surface area contributed by atoms with Gasteiger partial charge in [0, 0.05) is 6.04 Å². The molecule has 0 saturated heterocycles. The minimum absolute atomic E-state index is 0.195. The highest BCUT2D eigenvalue weighted by Crippen LogP contribution is 2.23. The predicted octanol–water partition coefficient (Wildman–Crippen LogP) is 4.12. The number of nitrogens with one attached hydrogen (secondary N) is 1. The Morgan fingerprint density at radius 3 is 2.52 bits per heavy atom. The fraction of sp³-hybridized carbons (Fsp3) is 0.333. The third-order valence-corrected chi connectivity index (χ3v) is 3.38. The minimum Gasteiger partial charge on any atom is -0.494 e. The highest BCUT2D eigenvalue weighted by atomic mass is 19.1. The van der Waals surface area contributed by atoms with Gasteiger partial charge in [0.15, 0.2) is 0 Å². The normalized spacial score (nSPS) is 12.1. The minimum atomic E-state index is -0.197. The van der Waals surface area contributed by atoms with E-state index in [1.54, 1.807) is 0 Å². The van der Waals surface area contributed by atoms with Gasteiger partial charge in [0.1, 0.15) is 11.6 Å². The van der Waals surface area contributed by atoms with Crippen LogP contribution in [-0.2, 0) is 6.42 Å². The van der Waals surface area contributed by atoms with E-state index in [2.05, 4.69) is 24.4 Å². The lowest BCUT2D eigenvalue weighted by molar-refractivity contribution is 0.339. The van der Waals surface area contributed by atoms with Crippen LogP contribution in [-0.4, -0.2) is 13.2 Å². The first-order chi connectivity index (χ1) is 10.2. The second-order valence-electron chi connectivity index (χ2n) is 4.95. The third-order valence-electron chi connectivity index (χ3n) is 3.38. The van der Waals surface area contributed by atoms with Gasteiger partial charge in [-0.1, -0.05) is 31.2 Å². The molecule has 0 bridgehead atoms. The Kier molecular flexibility index (Phi) is 5.76. The van der Waals surface area contributed by atoms with E-state index < -0.39 is 0 Å². The molecular weight excluding hydrogens is 265 g/mol. The van der Waals surface area contributed by atoms with E-state index in [0.29, 0.717) is 6.61 Å². The molecular formula is C18H22FNO. The lowest BCUT2D eigenvalue weighted by Crippen LogP contribution is -2.23. The van der Waals surface area contributed by atoms with Crippen LogP contribution in [0.25, 0.3) is 0 Å². The summed E-state index contributed by atoms with van der Waals surface area (Å²) in [6.07, 6.45) is 0.823. The van der Waals surface area contributed by atoms with Gasteiger partial charge >= 0.3 is 0 Å². The highest BCUT2D eigenvalue weighted by molar-refractivity contribution is 5.32. The van der Waals surface area contributed by atoms with Crippen molar-refractivity contribution < 1.29 is 9.13 Å². The maximum absolute atomic E-state index is 13.0. The Bertz CT molecular complexity index is 553. The number of likely N-dealkylation sites (N-methyl/N-ethyl adjacent to an activating group) is 1. The average molecular weight is 287 g/mol. The van der Waals surface area contributed by atoms with Crippen LogP contribution in [0.5, 0.6) is 5.75 Å². The van der Waals surface area contributed by atoms with E-state index >= 15 is 0 Å². The summed E-state index contributed by atoms with van der Waals surface area (Å²) >= 11 is 0. The van der Waals surface area contributed by atoms with Crippen LogP contribution < -0.4 is 10.1 Å². The molecule has 2 aromatic rings. The van der Waals surface area contributed by atoms with Crippen molar-refractivity contribution in [2.75, 3.05) is 13.2 Å². The molecule has 0 aliphatic carbocycles. The van der Waals surface area contributed by atoms with E-state index in [0.717, 1.165) is 24.3 Å². The van der Waals surface area contributed by atoms with E-state index in [-0.39, 0.29) is 11.9 Å². The van der Waals surface area contributed by atoms with Gasteiger partial charge < -0.3 is 10.1 Å². The van der Waals surface area contributed by atoms with Crippen LogP contribution in [0.1, 0.15) is 31.0 Å². The summed E-state index contributed by atoms with van der Waals surface area (Å²) in [4.78, 5) is 0. The van der Waals surface area contributed by atoms with Crippen molar-refractivity contribution >= 4 is 0 Å². The second-order valence-corrected chi connectivity index (χ2v) is 4.95. The molecule has 21 heavy (non-hydrogen) atoms. The number of rotatable bonds is 7. The van der Waals surface area contributed by atoms with Crippen molar-refractivity contribution in [3.63, 3.8) is 0 Å². The largest absolute Gasteiger partial charge is 0.494 e. The SMILES string of the molecule is CCNC(Cc1ccc(F)cc1)c1cccc(OCC)c1. The van der Waals surface area contributed by atoms with Crippen LogP contribution in [0.4, 0.5) is 4.39 Å². The molecule has 2 nitrogen and oxygen atoms in total. The summed E-state index contributed by atoms with van der Waals surface area (Å²) in [6.45, 7) is 5.61. The predicted molar refractivity (Wildman–Crippen MR) is 84.1 cm³/mol. The Labute approximate surface area is 126 Å². The molecule has 0 aliphatic rings. The van der Waals surface area contributed by atoms with Crippen molar-refractivity contribution in [2.45, 2.75) is 26.3 Å². The molecule has 2 rings (SSSR count). The fourth-order valence-electron chi connectivity index (χ4n) is 2.40. The summed E-state index contributed by atoms with van der Waals surface area (Å²) in [5.41, 5.74) is 2.30. The van der Waals surface area contributed by atoms with Crippen LogP contribution in [0.3, 0.4) is 0 Å². The van der Waals surface area contributed by atoms with Gasteiger partial charge in [-0.25, -0.2) is 4.39 Å². The van der Waals surface area contributed by atoms with E-state index in [4.69, 9.17) is 4.74 Å². The first-order valence-electron chi connectivity index (χ1n) is 7.43. The van der Waals surface area contributed by atoms with Gasteiger partial charge in [-0.2, -0.15) is 0 Å². The maximum Gasteiger partial charge on any atom is 0.123 e. The highest BCUT2D eigenvalue weighted by Gasteiger charge is 2.12. The van der Waals surface area contributed by atoms with Gasteiger partial charge in [-0.3, -0.25) is 0 Å². The lowest BCUT2D eigenvalue weighted by atomic mass is 9.98. The van der Waals surface area contributed by atoms with Crippen LogP contribution >= 0.6 is 0 Å². The molecule has 0 heterocycles. The number of halogens is 1. The molecule has 0 radical (unpaired) electrons. The quantitative estimate of drug-likeness (QED) is 0.827. The summed E-state index contributed by atoms with van der Waals surface area (Å²) in [5, 5.41) is 3.48. The number of ether oxygens (including phenoxy) is 1. The molecule has 0 saturated carbocycles. The van der Waals surface area contributed by atoms with Crippen molar-refractivity contribution in [3.8, 4) is 5.75 Å². The monoisotopic (exact) mass is 287 g/mol. The lowest BCUT2D eigenvalue weighted by Gasteiger charge is -2.19. The average Bonchev–Trinajstić information content (AvgIpc) is 2.50. The van der Waals surface area contributed by atoms with Crippen LogP contribution in [0, 0.1) is 5.82 Å². The fourth-order valence-corrected chi connectivity index (χ4v) is 2.40. The smallest absolute Gasteiger partial charge is 0.123 e. The van der Waals surface area contributed by atoms with Gasteiger partial charge in [-0.15, -0.1) is 0 Å². The Hall–Kier alpha value is -1.87. The van der Waals surface area contributed by atoms with E-state index in [1.165, 1.54) is 17.7 Å². The molecule has 0 aromatic heterocycles. The first kappa shape index (κ1) is 15.5. The molecule has 1 N–H and O–H groups in total. The summed E-state index contributed by atoms with van der Waals surface area (Å²) in [7, 11) is 0. The van der Waals surface area contributed by atoms with Crippen LogP contribution in [0.2, 0.25) is 0 Å². The molecule has 3 heteroatoms. The molecule has 1 atom stereocenters. The molecule has 0 amide bonds. The Balaban J connectivity index is 2.17. The molecule has 2 aromatic carbocycles. The van der Waals surface area contributed by atoms with Gasteiger partial charge in [-0.05, 0) is 55.3 Å². The summed E-state index contributed by atoms with van der Waals surface area (Å²) in [5.74, 6) is 0.689. The molecule has 0 spiro atoms. The molecule has 0 fully saturated rings. The molecule has 1 unspecified atom stereocenters. The Morgan fingerprint density at radius 2 is 1.86 bits per heavy atom. The van der Waals surface area contributed by atoms with E-state index in [1.807, 2.05) is 31.2 Å². The van der Waals surface area contributed by atoms with Crippen LogP contribution in [0.15, 0.2) is 48.5 Å².